The average Bonchev–Trinajstić information content (AvgIpc) is 2.74. The molecule has 2 aromatic rings. The molecule has 17 heavy (non-hydrogen) atoms. The molecule has 1 heterocycles. The van der Waals surface area contributed by atoms with Crippen LogP contribution < -0.4 is 4.90 Å². The molecule has 0 radical (unpaired) electrons. The molecule has 0 saturated carbocycles. The van der Waals surface area contributed by atoms with Gasteiger partial charge < -0.3 is 14.4 Å². The van der Waals surface area contributed by atoms with E-state index in [-0.39, 0.29) is 11.7 Å². The predicted octanol–water partition coefficient (Wildman–Crippen LogP) is 2.57. The second-order valence-electron chi connectivity index (χ2n) is 3.77. The van der Waals surface area contributed by atoms with E-state index in [1.165, 1.54) is 11.2 Å². The van der Waals surface area contributed by atoms with Crippen molar-refractivity contribution in [1.29, 1.82) is 0 Å². The smallest absolute Gasteiger partial charge is 0.261 e. The molecule has 0 saturated heterocycles. The summed E-state index contributed by atoms with van der Waals surface area (Å²) in [7, 11) is 1.68. The third-order valence-electron chi connectivity index (χ3n) is 2.63. The summed E-state index contributed by atoms with van der Waals surface area (Å²) in [6.45, 7) is 1.75. The van der Waals surface area contributed by atoms with E-state index in [1.54, 1.807) is 44.3 Å². The number of furan rings is 1. The summed E-state index contributed by atoms with van der Waals surface area (Å²) < 4.78 is 5.10. The van der Waals surface area contributed by atoms with Gasteiger partial charge in [-0.1, -0.05) is 0 Å². The van der Waals surface area contributed by atoms with E-state index < -0.39 is 0 Å². The summed E-state index contributed by atoms with van der Waals surface area (Å²) >= 11 is 0. The highest BCUT2D eigenvalue weighted by Gasteiger charge is 2.17. The van der Waals surface area contributed by atoms with Gasteiger partial charge in [0.2, 0.25) is 0 Å². The van der Waals surface area contributed by atoms with Crippen molar-refractivity contribution in [2.24, 2.45) is 0 Å². The zero-order valence-electron chi connectivity index (χ0n) is 9.68. The van der Waals surface area contributed by atoms with Gasteiger partial charge in [0.05, 0.1) is 11.8 Å². The lowest BCUT2D eigenvalue weighted by atomic mass is 10.2. The van der Waals surface area contributed by atoms with Gasteiger partial charge in [-0.15, -0.1) is 0 Å². The Morgan fingerprint density at radius 2 is 1.88 bits per heavy atom. The van der Waals surface area contributed by atoms with Gasteiger partial charge in [-0.3, -0.25) is 4.79 Å². The third-order valence-corrected chi connectivity index (χ3v) is 2.63. The van der Waals surface area contributed by atoms with Crippen molar-refractivity contribution in [3.05, 3.63) is 47.9 Å². The van der Waals surface area contributed by atoms with E-state index in [4.69, 9.17) is 4.42 Å². The van der Waals surface area contributed by atoms with E-state index >= 15 is 0 Å². The topological polar surface area (TPSA) is 53.7 Å². The van der Waals surface area contributed by atoms with Gasteiger partial charge in [-0.25, -0.2) is 0 Å². The highest BCUT2D eigenvalue weighted by Crippen LogP contribution is 2.20. The number of hydrogen-bond donors (Lipinski definition) is 1. The number of carbonyl (C=O) groups is 1. The van der Waals surface area contributed by atoms with Crippen LogP contribution in [-0.4, -0.2) is 18.1 Å². The number of aryl methyl sites for hydroxylation is 1. The van der Waals surface area contributed by atoms with Crippen molar-refractivity contribution in [1.82, 2.24) is 0 Å². The van der Waals surface area contributed by atoms with Crippen LogP contribution in [-0.2, 0) is 0 Å². The van der Waals surface area contributed by atoms with Gasteiger partial charge in [-0.2, -0.15) is 0 Å². The van der Waals surface area contributed by atoms with Crippen molar-refractivity contribution in [3.8, 4) is 5.75 Å². The summed E-state index contributed by atoms with van der Waals surface area (Å²) in [6.07, 6.45) is 1.49. The molecule has 0 spiro atoms. The fourth-order valence-corrected chi connectivity index (χ4v) is 1.58. The van der Waals surface area contributed by atoms with Gasteiger partial charge in [-0.05, 0) is 37.3 Å². The Morgan fingerprint density at radius 1 is 1.24 bits per heavy atom. The maximum Gasteiger partial charge on any atom is 0.261 e. The Morgan fingerprint density at radius 3 is 2.41 bits per heavy atom. The number of phenolic OH excluding ortho intramolecular Hbond substituents is 1. The van der Waals surface area contributed by atoms with Crippen LogP contribution in [0.15, 0.2) is 41.0 Å². The quantitative estimate of drug-likeness (QED) is 0.864. The number of hydrogen-bond acceptors (Lipinski definition) is 3. The number of carbonyl (C=O) groups excluding carboxylic acids is 1. The van der Waals surface area contributed by atoms with Crippen LogP contribution in [0.5, 0.6) is 5.75 Å². The zero-order valence-corrected chi connectivity index (χ0v) is 9.68. The summed E-state index contributed by atoms with van der Waals surface area (Å²) in [5.74, 6) is 0.636. The maximum atomic E-state index is 12.1. The molecule has 1 aromatic carbocycles. The molecular formula is C13H13NO3. The van der Waals surface area contributed by atoms with Gasteiger partial charge in [0.25, 0.3) is 5.91 Å². The maximum absolute atomic E-state index is 12.1. The molecule has 0 aliphatic carbocycles. The minimum Gasteiger partial charge on any atom is -0.508 e. The van der Waals surface area contributed by atoms with E-state index in [0.29, 0.717) is 17.0 Å². The number of nitrogens with zero attached hydrogens (tertiary/aromatic N) is 1. The molecule has 0 unspecified atom stereocenters. The Bertz CT molecular complexity index is 528. The molecule has 4 nitrogen and oxygen atoms in total. The Labute approximate surface area is 99.1 Å². The highest BCUT2D eigenvalue weighted by atomic mass is 16.3. The van der Waals surface area contributed by atoms with E-state index in [0.717, 1.165) is 0 Å². The molecule has 4 heteroatoms. The van der Waals surface area contributed by atoms with Crippen LogP contribution in [0.25, 0.3) is 0 Å². The lowest BCUT2D eigenvalue weighted by Gasteiger charge is -2.16. The fourth-order valence-electron chi connectivity index (χ4n) is 1.58. The summed E-state index contributed by atoms with van der Waals surface area (Å²) in [4.78, 5) is 13.6. The van der Waals surface area contributed by atoms with Crippen molar-refractivity contribution in [3.63, 3.8) is 0 Å². The number of aromatic hydroxyl groups is 1. The fraction of sp³-hybridized carbons (Fsp3) is 0.154. The first-order valence-electron chi connectivity index (χ1n) is 5.21. The first-order valence-corrected chi connectivity index (χ1v) is 5.21. The van der Waals surface area contributed by atoms with Crippen LogP contribution in [0.4, 0.5) is 5.69 Å². The SMILES string of the molecule is Cc1occc1C(=O)N(C)c1ccc(O)cc1. The second-order valence-corrected chi connectivity index (χ2v) is 3.77. The van der Waals surface area contributed by atoms with Crippen molar-refractivity contribution >= 4 is 11.6 Å². The van der Waals surface area contributed by atoms with Crippen LogP contribution >= 0.6 is 0 Å². The Kier molecular flexibility index (Phi) is 2.87. The molecule has 88 valence electrons. The number of anilines is 1. The van der Waals surface area contributed by atoms with Gasteiger partial charge in [0, 0.05) is 12.7 Å². The summed E-state index contributed by atoms with van der Waals surface area (Å²) in [6, 6.07) is 8.10. The highest BCUT2D eigenvalue weighted by molar-refractivity contribution is 6.06. The van der Waals surface area contributed by atoms with Crippen LogP contribution in [0.1, 0.15) is 16.1 Å². The minimum atomic E-state index is -0.137. The monoisotopic (exact) mass is 231 g/mol. The Hall–Kier alpha value is -2.23. The van der Waals surface area contributed by atoms with E-state index in [2.05, 4.69) is 0 Å². The number of rotatable bonds is 2. The number of amides is 1. The lowest BCUT2D eigenvalue weighted by molar-refractivity contribution is 0.0991. The molecule has 1 aromatic heterocycles. The zero-order chi connectivity index (χ0) is 12.4. The van der Waals surface area contributed by atoms with Crippen LogP contribution in [0.2, 0.25) is 0 Å². The lowest BCUT2D eigenvalue weighted by Crippen LogP contribution is -2.26. The number of benzene rings is 1. The average molecular weight is 231 g/mol. The summed E-state index contributed by atoms with van der Waals surface area (Å²) in [5, 5.41) is 9.19. The van der Waals surface area contributed by atoms with Crippen molar-refractivity contribution in [2.75, 3.05) is 11.9 Å². The summed E-state index contributed by atoms with van der Waals surface area (Å²) in [5.41, 5.74) is 1.26. The predicted molar refractivity (Wildman–Crippen MR) is 64.3 cm³/mol. The normalized spacial score (nSPS) is 10.2. The molecule has 1 N–H and O–H groups in total. The largest absolute Gasteiger partial charge is 0.508 e. The van der Waals surface area contributed by atoms with E-state index in [9.17, 15) is 9.90 Å². The molecule has 0 fully saturated rings. The first-order chi connectivity index (χ1) is 8.09. The molecule has 2 rings (SSSR count). The van der Waals surface area contributed by atoms with Gasteiger partial charge >= 0.3 is 0 Å². The van der Waals surface area contributed by atoms with Crippen LogP contribution in [0.3, 0.4) is 0 Å². The van der Waals surface area contributed by atoms with Crippen molar-refractivity contribution < 1.29 is 14.3 Å². The molecule has 0 bridgehead atoms. The molecule has 0 aliphatic rings. The second kappa shape index (κ2) is 4.33. The molecule has 1 amide bonds. The van der Waals surface area contributed by atoms with Gasteiger partial charge in [0.1, 0.15) is 11.5 Å². The number of phenols is 1. The van der Waals surface area contributed by atoms with E-state index in [1.807, 2.05) is 0 Å². The standard InChI is InChI=1S/C13H13NO3/c1-9-12(7-8-17-9)13(16)14(2)10-3-5-11(15)6-4-10/h3-8,15H,1-2H3. The minimum absolute atomic E-state index is 0.137. The first kappa shape index (κ1) is 11.3. The molecule has 0 atom stereocenters. The Balaban J connectivity index is 2.26. The molecular weight excluding hydrogens is 218 g/mol. The van der Waals surface area contributed by atoms with Crippen molar-refractivity contribution in [2.45, 2.75) is 6.92 Å². The molecule has 0 aliphatic heterocycles. The van der Waals surface area contributed by atoms with Crippen LogP contribution in [0, 0.1) is 6.92 Å². The third kappa shape index (κ3) is 2.15. The van der Waals surface area contributed by atoms with Gasteiger partial charge in [0.15, 0.2) is 0 Å².